The molecule has 4 fully saturated rings. The average Bonchev–Trinajstić information content (AvgIpc) is 3.38. The largest absolute Gasteiger partial charge is 0.396 e. The zero-order chi connectivity index (χ0) is 19.2. The number of rotatable bonds is 3. The summed E-state index contributed by atoms with van der Waals surface area (Å²) in [6, 6.07) is 0. The molecule has 0 amide bonds. The normalized spacial score (nSPS) is 61.0. The van der Waals surface area contributed by atoms with Crippen LogP contribution in [0.2, 0.25) is 0 Å². The van der Waals surface area contributed by atoms with Crippen molar-refractivity contribution >= 4 is 0 Å². The van der Waals surface area contributed by atoms with Crippen LogP contribution in [0.15, 0.2) is 12.2 Å². The Hall–Kier alpha value is -0.420. The first kappa shape index (κ1) is 18.6. The van der Waals surface area contributed by atoms with E-state index in [0.29, 0.717) is 48.9 Å². The lowest BCUT2D eigenvalue weighted by molar-refractivity contribution is -0.230. The van der Waals surface area contributed by atoms with Gasteiger partial charge in [0.1, 0.15) is 0 Å². The van der Waals surface area contributed by atoms with Gasteiger partial charge < -0.3 is 20.4 Å². The first-order valence-corrected chi connectivity index (χ1v) is 11.1. The Morgan fingerprint density at radius 2 is 1.78 bits per heavy atom. The molecule has 0 radical (unpaired) electrons. The van der Waals surface area contributed by atoms with Gasteiger partial charge in [-0.2, -0.15) is 0 Å². The van der Waals surface area contributed by atoms with E-state index in [1.54, 1.807) is 0 Å². The minimum atomic E-state index is -0.812. The van der Waals surface area contributed by atoms with Gasteiger partial charge in [-0.1, -0.05) is 26.0 Å². The molecule has 0 aliphatic heterocycles. The van der Waals surface area contributed by atoms with Gasteiger partial charge in [0.2, 0.25) is 0 Å². The maximum Gasteiger partial charge on any atom is 0.0887 e. The molecule has 3 unspecified atom stereocenters. The second-order valence-electron chi connectivity index (χ2n) is 11.0. The average molecular weight is 377 g/mol. The standard InChI is InChI=1S/C23H36O4/c1-20-9-5-17-19(16(20)6-10-22(20,26)7-3-11-24)15-12-18(15)23(27)13-14(25)4-8-21(17,23)2/h6,10,14-19,24-27H,3-5,7-9,11-13H2,1-2H3/t14-,15-,16?,17?,18+,19?,20-,21+,22-,23+/m0/s1. The third-order valence-corrected chi connectivity index (χ3v) is 10.2. The molecule has 0 bridgehead atoms. The Labute approximate surface area is 162 Å². The van der Waals surface area contributed by atoms with Crippen molar-refractivity contribution in [3.05, 3.63) is 12.2 Å². The van der Waals surface area contributed by atoms with Gasteiger partial charge in [-0.05, 0) is 80.0 Å². The Morgan fingerprint density at radius 1 is 1.04 bits per heavy atom. The summed E-state index contributed by atoms with van der Waals surface area (Å²) in [6.45, 7) is 4.68. The fourth-order valence-corrected chi connectivity index (χ4v) is 8.46. The molecule has 0 aromatic carbocycles. The van der Waals surface area contributed by atoms with Gasteiger partial charge in [0, 0.05) is 18.4 Å². The fourth-order valence-electron chi connectivity index (χ4n) is 8.46. The van der Waals surface area contributed by atoms with Crippen LogP contribution in [0.4, 0.5) is 0 Å². The van der Waals surface area contributed by atoms with E-state index in [4.69, 9.17) is 0 Å². The van der Waals surface area contributed by atoms with Crippen LogP contribution in [0, 0.1) is 40.4 Å². The van der Waals surface area contributed by atoms with E-state index in [-0.39, 0.29) is 23.5 Å². The first-order valence-electron chi connectivity index (χ1n) is 11.1. The molecular formula is C23H36O4. The summed E-state index contributed by atoms with van der Waals surface area (Å²) in [7, 11) is 0. The molecular weight excluding hydrogens is 340 g/mol. The van der Waals surface area contributed by atoms with Gasteiger partial charge in [0.05, 0.1) is 17.3 Å². The van der Waals surface area contributed by atoms with Crippen LogP contribution >= 0.6 is 0 Å². The smallest absolute Gasteiger partial charge is 0.0887 e. The predicted molar refractivity (Wildman–Crippen MR) is 103 cm³/mol. The molecule has 10 atom stereocenters. The zero-order valence-electron chi connectivity index (χ0n) is 16.8. The van der Waals surface area contributed by atoms with Gasteiger partial charge >= 0.3 is 0 Å². The summed E-state index contributed by atoms with van der Waals surface area (Å²) in [4.78, 5) is 0. The van der Waals surface area contributed by atoms with Gasteiger partial charge in [-0.3, -0.25) is 0 Å². The van der Waals surface area contributed by atoms with Crippen LogP contribution in [0.3, 0.4) is 0 Å². The highest BCUT2D eigenvalue weighted by Gasteiger charge is 2.75. The van der Waals surface area contributed by atoms with Crippen LogP contribution < -0.4 is 0 Å². The van der Waals surface area contributed by atoms with Crippen LogP contribution in [0.5, 0.6) is 0 Å². The highest BCUT2D eigenvalue weighted by molar-refractivity contribution is 5.30. The van der Waals surface area contributed by atoms with Crippen LogP contribution in [-0.4, -0.2) is 44.3 Å². The number of aliphatic hydroxyl groups is 4. The second kappa shape index (κ2) is 5.59. The molecule has 0 aromatic rings. The molecule has 0 saturated heterocycles. The van der Waals surface area contributed by atoms with Crippen molar-refractivity contribution in [3.63, 3.8) is 0 Å². The molecule has 4 N–H and O–H groups in total. The number of hydrogen-bond acceptors (Lipinski definition) is 4. The highest BCUT2D eigenvalue weighted by Crippen LogP contribution is 2.76. The van der Waals surface area contributed by atoms with Crippen molar-refractivity contribution < 1.29 is 20.4 Å². The molecule has 5 aliphatic carbocycles. The van der Waals surface area contributed by atoms with Crippen molar-refractivity contribution in [1.29, 1.82) is 0 Å². The quantitative estimate of drug-likeness (QED) is 0.571. The summed E-state index contributed by atoms with van der Waals surface area (Å²) in [5.41, 5.74) is -1.79. The Morgan fingerprint density at radius 3 is 2.52 bits per heavy atom. The van der Waals surface area contributed by atoms with Gasteiger partial charge in [-0.15, -0.1) is 0 Å². The lowest BCUT2D eigenvalue weighted by Gasteiger charge is -2.64. The number of fused-ring (bicyclic) bond motifs is 8. The molecule has 5 aliphatic rings. The summed E-state index contributed by atoms with van der Waals surface area (Å²) >= 11 is 0. The minimum Gasteiger partial charge on any atom is -0.396 e. The fraction of sp³-hybridized carbons (Fsp3) is 0.913. The van der Waals surface area contributed by atoms with E-state index in [9.17, 15) is 20.4 Å². The van der Waals surface area contributed by atoms with Crippen molar-refractivity contribution in [1.82, 2.24) is 0 Å². The van der Waals surface area contributed by atoms with Gasteiger partial charge in [0.25, 0.3) is 0 Å². The van der Waals surface area contributed by atoms with E-state index in [1.807, 2.05) is 6.08 Å². The van der Waals surface area contributed by atoms with E-state index < -0.39 is 11.2 Å². The maximum atomic E-state index is 11.7. The molecule has 0 heterocycles. The maximum absolute atomic E-state index is 11.7. The topological polar surface area (TPSA) is 80.9 Å². The molecule has 4 heteroatoms. The summed E-state index contributed by atoms with van der Waals surface area (Å²) in [6.07, 6.45) is 10.6. The molecule has 0 aromatic heterocycles. The second-order valence-corrected chi connectivity index (χ2v) is 11.0. The van der Waals surface area contributed by atoms with Crippen LogP contribution in [0.1, 0.15) is 65.2 Å². The van der Waals surface area contributed by atoms with E-state index in [1.165, 1.54) is 0 Å². The summed E-state index contributed by atoms with van der Waals surface area (Å²) < 4.78 is 0. The van der Waals surface area contributed by atoms with E-state index >= 15 is 0 Å². The zero-order valence-corrected chi connectivity index (χ0v) is 16.8. The van der Waals surface area contributed by atoms with Crippen molar-refractivity contribution in [3.8, 4) is 0 Å². The van der Waals surface area contributed by atoms with Crippen molar-refractivity contribution in [2.24, 2.45) is 40.4 Å². The third-order valence-electron chi connectivity index (χ3n) is 10.2. The number of allylic oxidation sites excluding steroid dienone is 1. The minimum absolute atomic E-state index is 0.116. The Balaban J connectivity index is 1.50. The Bertz CT molecular complexity index is 663. The van der Waals surface area contributed by atoms with Crippen LogP contribution in [0.25, 0.3) is 0 Å². The molecule has 5 rings (SSSR count). The molecule has 4 nitrogen and oxygen atoms in total. The van der Waals surface area contributed by atoms with Crippen molar-refractivity contribution in [2.45, 2.75) is 82.5 Å². The SMILES string of the molecule is C[C@]12CCC3C(C1C=C[C@@]2(O)CCCO)[C@H]1C[C@H]1[C@]1(O)C[C@@H](O)CC[C@]31C. The van der Waals surface area contributed by atoms with Crippen LogP contribution in [-0.2, 0) is 0 Å². The lowest BCUT2D eigenvalue weighted by Crippen LogP contribution is -2.65. The monoisotopic (exact) mass is 376 g/mol. The highest BCUT2D eigenvalue weighted by atomic mass is 16.3. The van der Waals surface area contributed by atoms with Crippen molar-refractivity contribution in [2.75, 3.05) is 6.61 Å². The number of aliphatic hydroxyl groups excluding tert-OH is 2. The lowest BCUT2D eigenvalue weighted by atomic mass is 9.42. The Kier molecular flexibility index (Phi) is 3.85. The summed E-state index contributed by atoms with van der Waals surface area (Å²) in [5.74, 6) is 2.23. The third kappa shape index (κ3) is 2.14. The van der Waals surface area contributed by atoms with E-state index in [0.717, 1.165) is 32.1 Å². The predicted octanol–water partition coefficient (Wildman–Crippen LogP) is 2.64. The molecule has 4 saturated carbocycles. The van der Waals surface area contributed by atoms with E-state index in [2.05, 4.69) is 19.9 Å². The first-order chi connectivity index (χ1) is 12.7. The molecule has 152 valence electrons. The molecule has 0 spiro atoms. The molecule has 27 heavy (non-hydrogen) atoms. The number of hydrogen-bond donors (Lipinski definition) is 4. The van der Waals surface area contributed by atoms with Gasteiger partial charge in [0.15, 0.2) is 0 Å². The van der Waals surface area contributed by atoms with Gasteiger partial charge in [-0.25, -0.2) is 0 Å². The summed E-state index contributed by atoms with van der Waals surface area (Å²) in [5, 5.41) is 42.8.